The molecule has 182 valence electrons. The van der Waals surface area contributed by atoms with Gasteiger partial charge in [0.15, 0.2) is 0 Å². The van der Waals surface area contributed by atoms with Crippen LogP contribution in [0.25, 0.3) is 0 Å². The Kier molecular flexibility index (Phi) is 10.4. The molecule has 1 unspecified atom stereocenters. The fourth-order valence-corrected chi connectivity index (χ4v) is 2.87. The van der Waals surface area contributed by atoms with Crippen molar-refractivity contribution in [2.45, 2.75) is 32.2 Å². The van der Waals surface area contributed by atoms with E-state index in [2.05, 4.69) is 14.8 Å². The van der Waals surface area contributed by atoms with E-state index in [1.807, 2.05) is 24.3 Å². The Balaban J connectivity index is 1.88. The quantitative estimate of drug-likeness (QED) is 0.298. The lowest BCUT2D eigenvalue weighted by Gasteiger charge is -2.17. The van der Waals surface area contributed by atoms with E-state index in [1.54, 1.807) is 19.2 Å². The summed E-state index contributed by atoms with van der Waals surface area (Å²) in [4.78, 5) is 46.8. The van der Waals surface area contributed by atoms with Gasteiger partial charge in [0.2, 0.25) is 12.7 Å². The average molecular weight is 473 g/mol. The molecule has 1 amide bonds. The SMILES string of the molecule is COC(=O)C(Cc1ccc(OC(=O)OCOC(C)=O)cc1)NC(=O)CCc1ccc(OC)cc1. The molecule has 1 atom stereocenters. The fourth-order valence-electron chi connectivity index (χ4n) is 2.87. The number of carbonyl (C=O) groups excluding carboxylic acids is 4. The van der Waals surface area contributed by atoms with Crippen LogP contribution in [0.1, 0.15) is 24.5 Å². The number of aryl methyl sites for hydroxylation is 1. The molecule has 0 saturated carbocycles. The molecule has 0 aliphatic carbocycles. The maximum atomic E-state index is 12.4. The van der Waals surface area contributed by atoms with Crippen LogP contribution < -0.4 is 14.8 Å². The van der Waals surface area contributed by atoms with E-state index in [-0.39, 0.29) is 24.5 Å². The molecule has 2 aromatic carbocycles. The fraction of sp³-hybridized carbons (Fsp3) is 0.333. The van der Waals surface area contributed by atoms with Crippen molar-refractivity contribution < 1.29 is 42.9 Å². The van der Waals surface area contributed by atoms with E-state index < -0.39 is 30.9 Å². The minimum atomic E-state index is -1.04. The lowest BCUT2D eigenvalue weighted by atomic mass is 10.0. The van der Waals surface area contributed by atoms with Crippen LogP contribution in [-0.2, 0) is 41.4 Å². The first-order chi connectivity index (χ1) is 16.3. The van der Waals surface area contributed by atoms with Gasteiger partial charge in [-0.1, -0.05) is 24.3 Å². The van der Waals surface area contributed by atoms with Crippen molar-refractivity contribution in [3.05, 3.63) is 59.7 Å². The highest BCUT2D eigenvalue weighted by Crippen LogP contribution is 2.15. The van der Waals surface area contributed by atoms with Crippen LogP contribution in [0.2, 0.25) is 0 Å². The van der Waals surface area contributed by atoms with Gasteiger partial charge in [-0.05, 0) is 41.8 Å². The summed E-state index contributed by atoms with van der Waals surface area (Å²) in [6.07, 6.45) is -0.158. The van der Waals surface area contributed by atoms with Crippen LogP contribution in [0.3, 0.4) is 0 Å². The van der Waals surface area contributed by atoms with E-state index in [1.165, 1.54) is 26.2 Å². The van der Waals surface area contributed by atoms with Crippen molar-refractivity contribution >= 4 is 24.0 Å². The second-order valence-corrected chi connectivity index (χ2v) is 7.09. The van der Waals surface area contributed by atoms with E-state index >= 15 is 0 Å². The molecule has 10 heteroatoms. The summed E-state index contributed by atoms with van der Waals surface area (Å²) in [7, 11) is 2.83. The summed E-state index contributed by atoms with van der Waals surface area (Å²) in [6, 6.07) is 12.8. The van der Waals surface area contributed by atoms with Gasteiger partial charge >= 0.3 is 18.1 Å². The maximum Gasteiger partial charge on any atom is 0.516 e. The van der Waals surface area contributed by atoms with Crippen molar-refractivity contribution in [1.29, 1.82) is 0 Å². The van der Waals surface area contributed by atoms with Crippen LogP contribution in [0.15, 0.2) is 48.5 Å². The van der Waals surface area contributed by atoms with Gasteiger partial charge in [0.25, 0.3) is 0 Å². The molecular formula is C24H27NO9. The first kappa shape index (κ1) is 26.2. The predicted octanol–water partition coefficient (Wildman–Crippen LogP) is 2.56. The van der Waals surface area contributed by atoms with Crippen molar-refractivity contribution in [3.8, 4) is 11.5 Å². The van der Waals surface area contributed by atoms with Crippen LogP contribution in [0.5, 0.6) is 11.5 Å². The summed E-state index contributed by atoms with van der Waals surface area (Å²) in [6.45, 7) is 0.629. The number of nitrogens with one attached hydrogen (secondary N) is 1. The Morgan fingerprint density at radius 2 is 1.47 bits per heavy atom. The molecule has 0 aliphatic rings. The molecule has 0 bridgehead atoms. The van der Waals surface area contributed by atoms with Crippen molar-refractivity contribution in [2.75, 3.05) is 21.0 Å². The van der Waals surface area contributed by atoms with Crippen LogP contribution in [0, 0.1) is 0 Å². The number of benzene rings is 2. The van der Waals surface area contributed by atoms with Gasteiger partial charge in [0.1, 0.15) is 17.5 Å². The molecule has 0 saturated heterocycles. The average Bonchev–Trinajstić information content (AvgIpc) is 2.83. The molecule has 0 radical (unpaired) electrons. The molecule has 0 fully saturated rings. The van der Waals surface area contributed by atoms with Crippen molar-refractivity contribution in [1.82, 2.24) is 5.32 Å². The Morgan fingerprint density at radius 3 is 2.06 bits per heavy atom. The third-order valence-electron chi connectivity index (χ3n) is 4.62. The second kappa shape index (κ2) is 13.5. The lowest BCUT2D eigenvalue weighted by molar-refractivity contribution is -0.149. The second-order valence-electron chi connectivity index (χ2n) is 7.09. The van der Waals surface area contributed by atoms with Crippen molar-refractivity contribution in [3.63, 3.8) is 0 Å². The topological polar surface area (TPSA) is 126 Å². The zero-order valence-electron chi connectivity index (χ0n) is 19.2. The molecule has 0 aromatic heterocycles. The molecule has 2 rings (SSSR count). The monoisotopic (exact) mass is 473 g/mol. The Hall–Kier alpha value is -4.08. The molecule has 0 heterocycles. The largest absolute Gasteiger partial charge is 0.516 e. The predicted molar refractivity (Wildman–Crippen MR) is 119 cm³/mol. The zero-order chi connectivity index (χ0) is 24.9. The van der Waals surface area contributed by atoms with Gasteiger partial charge in [-0.3, -0.25) is 9.59 Å². The number of ether oxygens (including phenoxy) is 5. The third kappa shape index (κ3) is 9.19. The summed E-state index contributed by atoms with van der Waals surface area (Å²) in [5.74, 6) is -0.539. The highest BCUT2D eigenvalue weighted by atomic mass is 16.8. The van der Waals surface area contributed by atoms with Crippen molar-refractivity contribution in [2.24, 2.45) is 0 Å². The number of rotatable bonds is 11. The van der Waals surface area contributed by atoms with Gasteiger partial charge in [-0.15, -0.1) is 0 Å². The number of carbonyl (C=O) groups is 4. The van der Waals surface area contributed by atoms with Crippen LogP contribution in [-0.4, -0.2) is 51.1 Å². The standard InChI is InChI=1S/C24H27NO9/c1-16(26)32-15-33-24(29)34-20-11-6-18(7-12-20)14-21(23(28)31-3)25-22(27)13-8-17-4-9-19(30-2)10-5-17/h4-7,9-12,21H,8,13-15H2,1-3H3,(H,25,27). The third-order valence-corrected chi connectivity index (χ3v) is 4.62. The first-order valence-corrected chi connectivity index (χ1v) is 10.4. The molecular weight excluding hydrogens is 446 g/mol. The van der Waals surface area contributed by atoms with E-state index in [0.717, 1.165) is 11.3 Å². The highest BCUT2D eigenvalue weighted by molar-refractivity contribution is 5.84. The molecule has 0 aliphatic heterocycles. The Morgan fingerprint density at radius 1 is 0.853 bits per heavy atom. The lowest BCUT2D eigenvalue weighted by Crippen LogP contribution is -2.43. The van der Waals surface area contributed by atoms with Gasteiger partial charge in [0, 0.05) is 19.8 Å². The smallest absolute Gasteiger partial charge is 0.497 e. The van der Waals surface area contributed by atoms with Gasteiger partial charge < -0.3 is 29.0 Å². The van der Waals surface area contributed by atoms with E-state index in [0.29, 0.717) is 12.0 Å². The summed E-state index contributed by atoms with van der Waals surface area (Å²) in [5.41, 5.74) is 1.67. The molecule has 2 aromatic rings. The normalized spacial score (nSPS) is 11.0. The highest BCUT2D eigenvalue weighted by Gasteiger charge is 2.22. The zero-order valence-corrected chi connectivity index (χ0v) is 19.2. The van der Waals surface area contributed by atoms with Crippen LogP contribution >= 0.6 is 0 Å². The molecule has 0 spiro atoms. The van der Waals surface area contributed by atoms with Gasteiger partial charge in [-0.25, -0.2) is 9.59 Å². The number of hydrogen-bond acceptors (Lipinski definition) is 9. The number of methoxy groups -OCH3 is 2. The Bertz CT molecular complexity index is 971. The van der Waals surface area contributed by atoms with Gasteiger partial charge in [0.05, 0.1) is 14.2 Å². The van der Waals surface area contributed by atoms with Crippen LogP contribution in [0.4, 0.5) is 4.79 Å². The first-order valence-electron chi connectivity index (χ1n) is 10.4. The minimum absolute atomic E-state index is 0.179. The minimum Gasteiger partial charge on any atom is -0.497 e. The number of esters is 2. The summed E-state index contributed by atoms with van der Waals surface area (Å²) >= 11 is 0. The molecule has 1 N–H and O–H groups in total. The molecule has 34 heavy (non-hydrogen) atoms. The Labute approximate surface area is 197 Å². The maximum absolute atomic E-state index is 12.4. The number of amides is 1. The summed E-state index contributed by atoms with van der Waals surface area (Å²) < 4.78 is 24.0. The van der Waals surface area contributed by atoms with E-state index in [9.17, 15) is 19.2 Å². The summed E-state index contributed by atoms with van der Waals surface area (Å²) in [5, 5.41) is 2.70. The molecule has 10 nitrogen and oxygen atoms in total. The number of hydrogen-bond donors (Lipinski definition) is 1. The van der Waals surface area contributed by atoms with E-state index in [4.69, 9.17) is 14.2 Å². The van der Waals surface area contributed by atoms with Gasteiger partial charge in [-0.2, -0.15) is 0 Å².